The van der Waals surface area contributed by atoms with Crippen LogP contribution < -0.4 is 27.4 Å². The van der Waals surface area contributed by atoms with E-state index in [1.165, 1.54) is 12.1 Å². The van der Waals surface area contributed by atoms with Crippen molar-refractivity contribution in [2.45, 2.75) is 57.3 Å². The van der Waals surface area contributed by atoms with Crippen LogP contribution in [-0.2, 0) is 30.4 Å². The van der Waals surface area contributed by atoms with Gasteiger partial charge in [-0.1, -0.05) is 32.4 Å². The van der Waals surface area contributed by atoms with Crippen LogP contribution in [0, 0.1) is 5.92 Å². The van der Waals surface area contributed by atoms with E-state index in [2.05, 4.69) is 10.6 Å². The molecule has 13 heteroatoms. The molecule has 1 rings (SSSR count). The SMILES string of the molecule is CCC(C)C(NC(=O)C(N)Cc1ccc(O)cc1)C(=O)NC(CO)C(=O)NC(CC(N)=O)C(=O)O. The van der Waals surface area contributed by atoms with Gasteiger partial charge in [-0.3, -0.25) is 19.2 Å². The molecule has 0 radical (unpaired) electrons. The minimum atomic E-state index is -1.64. The van der Waals surface area contributed by atoms with Gasteiger partial charge in [-0.05, 0) is 30.0 Å². The Kier molecular flexibility index (Phi) is 11.6. The average Bonchev–Trinajstić information content (AvgIpc) is 2.80. The number of nitrogens with one attached hydrogen (secondary N) is 3. The van der Waals surface area contributed by atoms with E-state index in [9.17, 15) is 34.2 Å². The fourth-order valence-corrected chi connectivity index (χ4v) is 3.07. The predicted molar refractivity (Wildman–Crippen MR) is 124 cm³/mol. The van der Waals surface area contributed by atoms with Gasteiger partial charge in [0.2, 0.25) is 23.6 Å². The molecule has 0 spiro atoms. The number of carboxylic acids is 1. The zero-order chi connectivity index (χ0) is 26.7. The van der Waals surface area contributed by atoms with Gasteiger partial charge in [-0.2, -0.15) is 0 Å². The van der Waals surface area contributed by atoms with Crippen LogP contribution in [0.1, 0.15) is 32.3 Å². The number of primary amides is 1. The number of aliphatic carboxylic acids is 1. The summed E-state index contributed by atoms with van der Waals surface area (Å²) in [4.78, 5) is 60.2. The smallest absolute Gasteiger partial charge is 0.326 e. The quantitative estimate of drug-likeness (QED) is 0.138. The van der Waals surface area contributed by atoms with Crippen molar-refractivity contribution in [2.24, 2.45) is 17.4 Å². The second-order valence-corrected chi connectivity index (χ2v) is 8.16. The summed E-state index contributed by atoms with van der Waals surface area (Å²) in [6.07, 6.45) is -0.0715. The van der Waals surface area contributed by atoms with E-state index in [-0.39, 0.29) is 18.1 Å². The molecule has 0 saturated heterocycles. The van der Waals surface area contributed by atoms with E-state index >= 15 is 0 Å². The van der Waals surface area contributed by atoms with Gasteiger partial charge in [0, 0.05) is 0 Å². The standard InChI is InChI=1S/C22H33N5O8/c1-3-11(2)18(27-19(31)14(23)8-12-4-6-13(29)7-5-12)21(33)26-16(10-28)20(32)25-15(22(34)35)9-17(24)30/h4-7,11,14-16,18,28-29H,3,8-10,23H2,1-2H3,(H2,24,30)(H,25,32)(H,26,33)(H,27,31)(H,34,35). The van der Waals surface area contributed by atoms with Gasteiger partial charge >= 0.3 is 5.97 Å². The molecule has 4 amide bonds. The summed E-state index contributed by atoms with van der Waals surface area (Å²) < 4.78 is 0. The maximum Gasteiger partial charge on any atom is 0.326 e. The molecule has 5 atom stereocenters. The number of carbonyl (C=O) groups is 5. The number of carbonyl (C=O) groups excluding carboxylic acids is 4. The zero-order valence-electron chi connectivity index (χ0n) is 19.6. The van der Waals surface area contributed by atoms with Gasteiger partial charge in [0.1, 0.15) is 23.9 Å². The minimum absolute atomic E-state index is 0.0621. The fourth-order valence-electron chi connectivity index (χ4n) is 3.07. The summed E-state index contributed by atoms with van der Waals surface area (Å²) in [6, 6.07) is 0.798. The number of amides is 4. The van der Waals surface area contributed by atoms with E-state index in [1.807, 2.05) is 5.32 Å². The lowest BCUT2D eigenvalue weighted by atomic mass is 9.97. The topological polar surface area (TPSA) is 234 Å². The molecule has 0 aromatic heterocycles. The summed E-state index contributed by atoms with van der Waals surface area (Å²) in [5.41, 5.74) is 11.6. The van der Waals surface area contributed by atoms with Gasteiger partial charge in [0.15, 0.2) is 0 Å². The number of hydrogen-bond acceptors (Lipinski definition) is 8. The first-order chi connectivity index (χ1) is 16.4. The molecule has 1 aromatic carbocycles. The number of aromatic hydroxyl groups is 1. The van der Waals surface area contributed by atoms with Crippen molar-refractivity contribution >= 4 is 29.6 Å². The maximum atomic E-state index is 12.9. The molecule has 35 heavy (non-hydrogen) atoms. The highest BCUT2D eigenvalue weighted by Crippen LogP contribution is 2.12. The number of nitrogens with two attached hydrogens (primary N) is 2. The van der Waals surface area contributed by atoms with E-state index in [0.717, 1.165) is 0 Å². The number of aliphatic hydroxyl groups excluding tert-OH is 1. The highest BCUT2D eigenvalue weighted by Gasteiger charge is 2.32. The third kappa shape index (κ3) is 9.59. The summed E-state index contributed by atoms with van der Waals surface area (Å²) >= 11 is 0. The normalized spacial score (nSPS) is 15.1. The molecule has 0 aliphatic carbocycles. The highest BCUT2D eigenvalue weighted by molar-refractivity contribution is 5.95. The first-order valence-electron chi connectivity index (χ1n) is 11.0. The van der Waals surface area contributed by atoms with Crippen molar-refractivity contribution in [3.05, 3.63) is 29.8 Å². The Bertz CT molecular complexity index is 908. The van der Waals surface area contributed by atoms with E-state index in [1.54, 1.807) is 26.0 Å². The van der Waals surface area contributed by atoms with Crippen LogP contribution in [-0.4, -0.2) is 75.7 Å². The lowest BCUT2D eigenvalue weighted by Gasteiger charge is -2.27. The highest BCUT2D eigenvalue weighted by atomic mass is 16.4. The largest absolute Gasteiger partial charge is 0.508 e. The molecule has 0 saturated carbocycles. The molecule has 13 nitrogen and oxygen atoms in total. The first-order valence-corrected chi connectivity index (χ1v) is 11.0. The second kappa shape index (κ2) is 13.9. The van der Waals surface area contributed by atoms with E-state index in [4.69, 9.17) is 16.6 Å². The van der Waals surface area contributed by atoms with Crippen molar-refractivity contribution in [1.82, 2.24) is 16.0 Å². The predicted octanol–water partition coefficient (Wildman–Crippen LogP) is -2.29. The Hall–Kier alpha value is -3.71. The Morgan fingerprint density at radius 3 is 2.00 bits per heavy atom. The number of benzene rings is 1. The average molecular weight is 496 g/mol. The fraction of sp³-hybridized carbons (Fsp3) is 0.500. The molecule has 0 fully saturated rings. The van der Waals surface area contributed by atoms with Crippen LogP contribution in [0.25, 0.3) is 0 Å². The van der Waals surface area contributed by atoms with Gasteiger partial charge in [0.25, 0.3) is 0 Å². The summed E-state index contributed by atoms with van der Waals surface area (Å²) in [5, 5.41) is 34.9. The lowest BCUT2D eigenvalue weighted by molar-refractivity contribution is -0.144. The van der Waals surface area contributed by atoms with Crippen LogP contribution in [0.5, 0.6) is 5.75 Å². The number of aliphatic hydroxyl groups is 1. The summed E-state index contributed by atoms with van der Waals surface area (Å²) in [6.45, 7) is 2.60. The number of carboxylic acid groups (broad SMARTS) is 1. The van der Waals surface area contributed by atoms with Gasteiger partial charge in [-0.15, -0.1) is 0 Å². The van der Waals surface area contributed by atoms with Gasteiger partial charge < -0.3 is 42.7 Å². The maximum absolute atomic E-state index is 12.9. The number of phenols is 1. The Morgan fingerprint density at radius 2 is 1.51 bits per heavy atom. The van der Waals surface area contributed by atoms with Crippen molar-refractivity contribution in [1.29, 1.82) is 0 Å². The molecule has 194 valence electrons. The Balaban J connectivity index is 2.88. The second-order valence-electron chi connectivity index (χ2n) is 8.16. The molecule has 0 aliphatic heterocycles. The van der Waals surface area contributed by atoms with Crippen LogP contribution in [0.2, 0.25) is 0 Å². The van der Waals surface area contributed by atoms with Crippen molar-refractivity contribution < 1.29 is 39.3 Å². The molecular weight excluding hydrogens is 462 g/mol. The molecule has 5 unspecified atom stereocenters. The summed E-state index contributed by atoms with van der Waals surface area (Å²) in [7, 11) is 0. The Labute approximate surface area is 202 Å². The molecule has 0 bridgehead atoms. The van der Waals surface area contributed by atoms with Crippen molar-refractivity contribution in [3.63, 3.8) is 0 Å². The summed E-state index contributed by atoms with van der Waals surface area (Å²) in [5.74, 6) is -5.28. The van der Waals surface area contributed by atoms with Crippen LogP contribution >= 0.6 is 0 Å². The van der Waals surface area contributed by atoms with E-state index < -0.39 is 66.8 Å². The minimum Gasteiger partial charge on any atom is -0.508 e. The molecule has 0 heterocycles. The molecule has 0 aliphatic rings. The number of phenolic OH excluding ortho intramolecular Hbond substituents is 1. The van der Waals surface area contributed by atoms with Crippen LogP contribution in [0.3, 0.4) is 0 Å². The molecular formula is C22H33N5O8. The van der Waals surface area contributed by atoms with Crippen molar-refractivity contribution in [2.75, 3.05) is 6.61 Å². The van der Waals surface area contributed by atoms with Gasteiger partial charge in [0.05, 0.1) is 19.1 Å². The van der Waals surface area contributed by atoms with E-state index in [0.29, 0.717) is 12.0 Å². The van der Waals surface area contributed by atoms with Gasteiger partial charge in [-0.25, -0.2) is 4.79 Å². The lowest BCUT2D eigenvalue weighted by Crippen LogP contribution is -2.59. The molecule has 1 aromatic rings. The third-order valence-electron chi connectivity index (χ3n) is 5.36. The van der Waals surface area contributed by atoms with Crippen molar-refractivity contribution in [3.8, 4) is 5.75 Å². The van der Waals surface area contributed by atoms with Crippen LogP contribution in [0.4, 0.5) is 0 Å². The first kappa shape index (κ1) is 29.3. The number of hydrogen-bond donors (Lipinski definition) is 8. The zero-order valence-corrected chi connectivity index (χ0v) is 19.6. The third-order valence-corrected chi connectivity index (χ3v) is 5.36. The molecule has 10 N–H and O–H groups in total. The van der Waals surface area contributed by atoms with Crippen LogP contribution in [0.15, 0.2) is 24.3 Å². The Morgan fingerprint density at radius 1 is 0.943 bits per heavy atom. The number of rotatable bonds is 14. The monoisotopic (exact) mass is 495 g/mol.